The quantitative estimate of drug-likeness (QED) is 0.267. The third-order valence-electron chi connectivity index (χ3n) is 5.37. The summed E-state index contributed by atoms with van der Waals surface area (Å²) < 4.78 is 19.8. The number of aromatic nitrogens is 4. The van der Waals surface area contributed by atoms with E-state index < -0.39 is 0 Å². The minimum Gasteiger partial charge on any atom is -0.481 e. The highest BCUT2D eigenvalue weighted by molar-refractivity contribution is 7.21. The van der Waals surface area contributed by atoms with Crippen molar-refractivity contribution in [2.75, 3.05) is 17.7 Å². The third kappa shape index (κ3) is 5.36. The van der Waals surface area contributed by atoms with Gasteiger partial charge in [0.1, 0.15) is 22.0 Å². The van der Waals surface area contributed by atoms with E-state index in [-0.39, 0.29) is 5.82 Å². The molecule has 2 aromatic carbocycles. The molecule has 0 aliphatic carbocycles. The summed E-state index contributed by atoms with van der Waals surface area (Å²) in [6.45, 7) is 1.99. The Morgan fingerprint density at radius 1 is 0.886 bits per heavy atom. The summed E-state index contributed by atoms with van der Waals surface area (Å²) >= 11 is 1.39. The molecule has 3 heterocycles. The van der Waals surface area contributed by atoms with Crippen LogP contribution in [0.3, 0.4) is 0 Å². The Balaban J connectivity index is 1.47. The van der Waals surface area contributed by atoms with Crippen LogP contribution in [-0.4, -0.2) is 27.0 Å². The predicted molar refractivity (Wildman–Crippen MR) is 138 cm³/mol. The van der Waals surface area contributed by atoms with Crippen LogP contribution in [0.4, 0.5) is 27.0 Å². The molecule has 0 fully saturated rings. The fourth-order valence-electron chi connectivity index (χ4n) is 3.59. The molecule has 35 heavy (non-hydrogen) atoms. The van der Waals surface area contributed by atoms with E-state index in [0.29, 0.717) is 34.9 Å². The molecule has 0 radical (unpaired) electrons. The monoisotopic (exact) mass is 486 g/mol. The number of fused-ring (bicyclic) bond motifs is 1. The Kier molecular flexibility index (Phi) is 6.49. The number of hydrogen-bond acceptors (Lipinski definition) is 8. The number of pyridine rings is 1. The second kappa shape index (κ2) is 10.0. The largest absolute Gasteiger partial charge is 0.481 e. The Hall–Kier alpha value is -4.11. The normalized spacial score (nSPS) is 10.9. The summed E-state index contributed by atoms with van der Waals surface area (Å²) in [5.41, 5.74) is 3.89. The van der Waals surface area contributed by atoms with Gasteiger partial charge in [0.2, 0.25) is 11.8 Å². The van der Waals surface area contributed by atoms with Crippen molar-refractivity contribution in [1.82, 2.24) is 19.9 Å². The van der Waals surface area contributed by atoms with E-state index in [0.717, 1.165) is 33.6 Å². The van der Waals surface area contributed by atoms with Gasteiger partial charge < -0.3 is 15.4 Å². The van der Waals surface area contributed by atoms with Gasteiger partial charge in [0.25, 0.3) is 0 Å². The fourth-order valence-corrected chi connectivity index (χ4v) is 4.43. The van der Waals surface area contributed by atoms with E-state index in [1.165, 1.54) is 17.4 Å². The van der Waals surface area contributed by atoms with Crippen LogP contribution in [0.2, 0.25) is 0 Å². The fraction of sp³-hybridized carbons (Fsp3) is 0.154. The first-order chi connectivity index (χ1) is 17.1. The van der Waals surface area contributed by atoms with E-state index in [1.54, 1.807) is 19.2 Å². The smallest absolute Gasteiger partial charge is 0.229 e. The molecular weight excluding hydrogens is 463 g/mol. The van der Waals surface area contributed by atoms with Gasteiger partial charge in [-0.1, -0.05) is 54.7 Å². The van der Waals surface area contributed by atoms with Gasteiger partial charge in [-0.3, -0.25) is 0 Å². The number of ether oxygens (including phenoxy) is 1. The number of nitrogens with one attached hydrogen (secondary N) is 2. The van der Waals surface area contributed by atoms with E-state index in [9.17, 15) is 4.39 Å². The van der Waals surface area contributed by atoms with E-state index in [1.807, 2.05) is 55.5 Å². The molecule has 0 aliphatic rings. The number of aryl methyl sites for hydroxylation is 1. The average molecular weight is 487 g/mol. The van der Waals surface area contributed by atoms with Crippen molar-refractivity contribution < 1.29 is 9.13 Å². The van der Waals surface area contributed by atoms with Crippen molar-refractivity contribution in [3.8, 4) is 5.88 Å². The topological polar surface area (TPSA) is 84.9 Å². The Bertz CT molecular complexity index is 1470. The molecule has 0 bridgehead atoms. The van der Waals surface area contributed by atoms with Crippen molar-refractivity contribution in [2.45, 2.75) is 19.8 Å². The molecule has 5 rings (SSSR count). The van der Waals surface area contributed by atoms with Crippen molar-refractivity contribution >= 4 is 44.3 Å². The average Bonchev–Trinajstić information content (AvgIpc) is 3.27. The van der Waals surface area contributed by atoms with Crippen LogP contribution in [-0.2, 0) is 12.8 Å². The summed E-state index contributed by atoms with van der Waals surface area (Å²) in [5.74, 6) is 1.03. The van der Waals surface area contributed by atoms with Crippen LogP contribution in [0.15, 0.2) is 66.7 Å². The second-order valence-electron chi connectivity index (χ2n) is 7.85. The van der Waals surface area contributed by atoms with Gasteiger partial charge in [0.05, 0.1) is 18.5 Å². The molecular formula is C26H23FN6OS. The van der Waals surface area contributed by atoms with Crippen LogP contribution in [0.5, 0.6) is 5.88 Å². The minimum atomic E-state index is -0.345. The maximum absolute atomic E-state index is 14.6. The Labute approximate surface area is 206 Å². The highest BCUT2D eigenvalue weighted by Crippen LogP contribution is 2.29. The standard InChI is InChI=1S/C26H23FN6OS/c1-3-16-9-10-20(19(27)14-16)29-25-28-18(13-17-7-5-4-6-8-17)15-22(31-25)32-26-30-21-11-12-23(34-2)33-24(21)35-26/h4-12,14-15H,3,13H2,1-2H3,(H2,28,29,30,31,32). The van der Waals surface area contributed by atoms with Gasteiger partial charge >= 0.3 is 0 Å². The van der Waals surface area contributed by atoms with Crippen molar-refractivity contribution in [1.29, 1.82) is 0 Å². The molecule has 0 spiro atoms. The first-order valence-electron chi connectivity index (χ1n) is 11.2. The molecule has 2 N–H and O–H groups in total. The minimum absolute atomic E-state index is 0.296. The molecule has 0 amide bonds. The molecule has 5 aromatic rings. The van der Waals surface area contributed by atoms with Gasteiger partial charge in [-0.2, -0.15) is 4.98 Å². The van der Waals surface area contributed by atoms with Gasteiger partial charge in [-0.15, -0.1) is 0 Å². The second-order valence-corrected chi connectivity index (χ2v) is 8.82. The number of benzene rings is 2. The zero-order valence-corrected chi connectivity index (χ0v) is 20.1. The maximum Gasteiger partial charge on any atom is 0.229 e. The zero-order chi connectivity index (χ0) is 24.2. The van der Waals surface area contributed by atoms with E-state index >= 15 is 0 Å². The lowest BCUT2D eigenvalue weighted by Gasteiger charge is -2.11. The van der Waals surface area contributed by atoms with Crippen molar-refractivity contribution in [2.24, 2.45) is 0 Å². The maximum atomic E-state index is 14.6. The molecule has 9 heteroatoms. The first-order valence-corrected chi connectivity index (χ1v) is 12.0. The van der Waals surface area contributed by atoms with Crippen LogP contribution in [0, 0.1) is 5.82 Å². The summed E-state index contributed by atoms with van der Waals surface area (Å²) in [4.78, 5) is 19.0. The highest BCUT2D eigenvalue weighted by atomic mass is 32.1. The number of hydrogen-bond donors (Lipinski definition) is 2. The number of anilines is 4. The molecule has 176 valence electrons. The summed E-state index contributed by atoms with van der Waals surface area (Å²) in [5, 5.41) is 6.93. The number of methoxy groups -OCH3 is 1. The highest BCUT2D eigenvalue weighted by Gasteiger charge is 2.12. The number of halogens is 1. The van der Waals surface area contributed by atoms with Crippen LogP contribution >= 0.6 is 11.3 Å². The van der Waals surface area contributed by atoms with Crippen LogP contribution in [0.1, 0.15) is 23.7 Å². The lowest BCUT2D eigenvalue weighted by molar-refractivity contribution is 0.400. The van der Waals surface area contributed by atoms with Crippen LogP contribution in [0.25, 0.3) is 10.3 Å². The Morgan fingerprint density at radius 3 is 2.51 bits per heavy atom. The zero-order valence-electron chi connectivity index (χ0n) is 19.2. The Morgan fingerprint density at radius 2 is 1.74 bits per heavy atom. The molecule has 0 atom stereocenters. The predicted octanol–water partition coefficient (Wildman–Crippen LogP) is 6.27. The molecule has 0 saturated heterocycles. The van der Waals surface area contributed by atoms with Crippen LogP contribution < -0.4 is 15.4 Å². The lowest BCUT2D eigenvalue weighted by Crippen LogP contribution is -2.05. The SMILES string of the molecule is CCc1ccc(Nc2nc(Cc3ccccc3)cc(Nc3nc4ccc(OC)nc4s3)n2)c(F)c1. The van der Waals surface area contributed by atoms with Crippen molar-refractivity contribution in [3.05, 3.63) is 89.4 Å². The molecule has 0 saturated carbocycles. The number of nitrogens with zero attached hydrogens (tertiary/aromatic N) is 4. The molecule has 0 aliphatic heterocycles. The number of rotatable bonds is 8. The molecule has 3 aromatic heterocycles. The van der Waals surface area contributed by atoms with E-state index in [2.05, 4.69) is 30.6 Å². The summed E-state index contributed by atoms with van der Waals surface area (Å²) in [6.07, 6.45) is 1.36. The van der Waals surface area contributed by atoms with Gasteiger partial charge in [0.15, 0.2) is 5.13 Å². The van der Waals surface area contributed by atoms with Gasteiger partial charge in [-0.05, 0) is 35.7 Å². The molecule has 0 unspecified atom stereocenters. The van der Waals surface area contributed by atoms with Gasteiger partial charge in [-0.25, -0.2) is 19.3 Å². The molecule has 7 nitrogen and oxygen atoms in total. The first kappa shape index (κ1) is 22.7. The summed E-state index contributed by atoms with van der Waals surface area (Å²) in [6, 6.07) is 20.7. The number of thiazole rings is 1. The van der Waals surface area contributed by atoms with E-state index in [4.69, 9.17) is 4.74 Å². The van der Waals surface area contributed by atoms with Crippen molar-refractivity contribution in [3.63, 3.8) is 0 Å². The summed E-state index contributed by atoms with van der Waals surface area (Å²) in [7, 11) is 1.58. The van der Waals surface area contributed by atoms with Gasteiger partial charge in [0, 0.05) is 18.6 Å². The third-order valence-corrected chi connectivity index (χ3v) is 6.25. The lowest BCUT2D eigenvalue weighted by atomic mass is 10.1.